The Balaban J connectivity index is 0.00000210. The fraction of sp³-hybridized carbons (Fsp3) is 0.250. The van der Waals surface area contributed by atoms with Gasteiger partial charge in [-0.2, -0.15) is 5.10 Å². The molecule has 1 unspecified atom stereocenters. The number of amides is 1. The first-order chi connectivity index (χ1) is 13.2. The minimum Gasteiger partial charge on any atom is -0.387 e. The topological polar surface area (TPSA) is 92.1 Å². The molecule has 3 N–H and O–H groups in total. The van der Waals surface area contributed by atoms with E-state index >= 15 is 0 Å². The summed E-state index contributed by atoms with van der Waals surface area (Å²) in [5, 5.41) is 20.1. The van der Waals surface area contributed by atoms with Crippen molar-refractivity contribution in [3.05, 3.63) is 78.4 Å². The van der Waals surface area contributed by atoms with Gasteiger partial charge in [-0.15, -0.1) is 24.8 Å². The standard InChI is InChI=1S/C20H23N5O2.2ClH/c26-19(17-4-2-1-3-5-17)12-21-11-10-16-6-8-18(9-7-16)24-20(27)13-25-15-22-14-23-25;;/h1-9,14-15,19,21,26H,10-13H2,(H,24,27);2*1H. The van der Waals surface area contributed by atoms with Gasteiger partial charge in [-0.3, -0.25) is 4.79 Å². The first-order valence-electron chi connectivity index (χ1n) is 8.85. The molecule has 0 aliphatic heterocycles. The van der Waals surface area contributed by atoms with Gasteiger partial charge in [0.25, 0.3) is 0 Å². The Kier molecular flexibility index (Phi) is 10.9. The molecule has 3 rings (SSSR count). The first-order valence-corrected chi connectivity index (χ1v) is 8.85. The van der Waals surface area contributed by atoms with Crippen LogP contribution >= 0.6 is 24.8 Å². The summed E-state index contributed by atoms with van der Waals surface area (Å²) in [4.78, 5) is 15.7. The molecular formula is C20H25Cl2N5O2. The third-order valence-corrected chi connectivity index (χ3v) is 4.12. The molecule has 156 valence electrons. The van der Waals surface area contributed by atoms with Crippen molar-refractivity contribution in [2.24, 2.45) is 0 Å². The summed E-state index contributed by atoms with van der Waals surface area (Å²) in [5.74, 6) is -0.148. The zero-order valence-corrected chi connectivity index (χ0v) is 17.4. The molecule has 1 aromatic heterocycles. The molecule has 0 saturated carbocycles. The van der Waals surface area contributed by atoms with Gasteiger partial charge in [0, 0.05) is 12.2 Å². The van der Waals surface area contributed by atoms with E-state index in [2.05, 4.69) is 20.7 Å². The third-order valence-electron chi connectivity index (χ3n) is 4.12. The van der Waals surface area contributed by atoms with E-state index in [1.54, 1.807) is 0 Å². The number of aliphatic hydroxyl groups is 1. The van der Waals surface area contributed by atoms with Crippen molar-refractivity contribution in [2.45, 2.75) is 19.1 Å². The van der Waals surface area contributed by atoms with Gasteiger partial charge in [0.05, 0.1) is 6.10 Å². The number of nitrogens with zero attached hydrogens (tertiary/aromatic N) is 3. The molecule has 0 saturated heterocycles. The largest absolute Gasteiger partial charge is 0.387 e. The Bertz CT molecular complexity index is 830. The molecule has 1 heterocycles. The van der Waals surface area contributed by atoms with Crippen LogP contribution in [0.5, 0.6) is 0 Å². The normalized spacial score (nSPS) is 11.1. The van der Waals surface area contributed by atoms with Gasteiger partial charge in [0.2, 0.25) is 5.91 Å². The van der Waals surface area contributed by atoms with Gasteiger partial charge >= 0.3 is 0 Å². The van der Waals surface area contributed by atoms with Gasteiger partial charge in [0.1, 0.15) is 19.2 Å². The van der Waals surface area contributed by atoms with Crippen molar-refractivity contribution in [3.8, 4) is 0 Å². The van der Waals surface area contributed by atoms with Crippen LogP contribution in [0.4, 0.5) is 5.69 Å². The summed E-state index contributed by atoms with van der Waals surface area (Å²) in [6.07, 6.45) is 3.24. The lowest BCUT2D eigenvalue weighted by atomic mass is 10.1. The Morgan fingerprint density at radius 3 is 2.45 bits per heavy atom. The van der Waals surface area contributed by atoms with Crippen LogP contribution in [0.25, 0.3) is 0 Å². The number of hydrogen-bond acceptors (Lipinski definition) is 5. The molecule has 7 nitrogen and oxygen atoms in total. The Morgan fingerprint density at radius 1 is 1.07 bits per heavy atom. The number of carbonyl (C=O) groups excluding carboxylic acids is 1. The zero-order chi connectivity index (χ0) is 18.9. The van der Waals surface area contributed by atoms with Crippen LogP contribution in [-0.4, -0.2) is 38.9 Å². The number of hydrogen-bond donors (Lipinski definition) is 3. The zero-order valence-electron chi connectivity index (χ0n) is 15.8. The number of nitrogens with one attached hydrogen (secondary N) is 2. The number of benzene rings is 2. The maximum atomic E-state index is 11.9. The average Bonchev–Trinajstić information content (AvgIpc) is 3.20. The summed E-state index contributed by atoms with van der Waals surface area (Å²) in [5.41, 5.74) is 2.82. The van der Waals surface area contributed by atoms with E-state index in [-0.39, 0.29) is 37.3 Å². The van der Waals surface area contributed by atoms with Gasteiger partial charge in [-0.05, 0) is 36.2 Å². The molecule has 0 fully saturated rings. The molecule has 0 radical (unpaired) electrons. The lowest BCUT2D eigenvalue weighted by Crippen LogP contribution is -2.23. The van der Waals surface area contributed by atoms with Crippen molar-refractivity contribution in [1.29, 1.82) is 0 Å². The second-order valence-corrected chi connectivity index (χ2v) is 6.22. The Morgan fingerprint density at radius 2 is 1.79 bits per heavy atom. The lowest BCUT2D eigenvalue weighted by molar-refractivity contribution is -0.116. The summed E-state index contributed by atoms with van der Waals surface area (Å²) in [6.45, 7) is 1.41. The van der Waals surface area contributed by atoms with E-state index in [0.717, 1.165) is 29.8 Å². The van der Waals surface area contributed by atoms with Crippen LogP contribution in [0.3, 0.4) is 0 Å². The Hall–Kier alpha value is -2.45. The number of carbonyl (C=O) groups is 1. The van der Waals surface area contributed by atoms with Crippen LogP contribution in [0.2, 0.25) is 0 Å². The number of anilines is 1. The molecule has 1 amide bonds. The highest BCUT2D eigenvalue weighted by atomic mass is 35.5. The monoisotopic (exact) mass is 437 g/mol. The fourth-order valence-electron chi connectivity index (χ4n) is 2.68. The maximum absolute atomic E-state index is 11.9. The highest BCUT2D eigenvalue weighted by molar-refractivity contribution is 5.90. The van der Waals surface area contributed by atoms with Crippen LogP contribution in [0, 0.1) is 0 Å². The van der Waals surface area contributed by atoms with E-state index < -0.39 is 6.10 Å². The van der Waals surface area contributed by atoms with Crippen molar-refractivity contribution < 1.29 is 9.90 Å². The molecule has 0 bridgehead atoms. The molecule has 2 aromatic carbocycles. The fourth-order valence-corrected chi connectivity index (χ4v) is 2.68. The van der Waals surface area contributed by atoms with Crippen molar-refractivity contribution in [1.82, 2.24) is 20.1 Å². The van der Waals surface area contributed by atoms with Gasteiger partial charge in [-0.1, -0.05) is 42.5 Å². The van der Waals surface area contributed by atoms with Crippen LogP contribution < -0.4 is 10.6 Å². The molecule has 9 heteroatoms. The van der Waals surface area contributed by atoms with Crippen molar-refractivity contribution in [2.75, 3.05) is 18.4 Å². The lowest BCUT2D eigenvalue weighted by Gasteiger charge is -2.12. The molecule has 0 spiro atoms. The molecule has 29 heavy (non-hydrogen) atoms. The predicted molar refractivity (Wildman–Crippen MR) is 118 cm³/mol. The number of rotatable bonds is 9. The number of aromatic nitrogens is 3. The van der Waals surface area contributed by atoms with E-state index in [4.69, 9.17) is 0 Å². The predicted octanol–water partition coefficient (Wildman–Crippen LogP) is 2.63. The summed E-state index contributed by atoms with van der Waals surface area (Å²) < 4.78 is 1.47. The van der Waals surface area contributed by atoms with E-state index in [1.165, 1.54) is 17.3 Å². The highest BCUT2D eigenvalue weighted by Gasteiger charge is 2.06. The second kappa shape index (κ2) is 12.9. The van der Waals surface area contributed by atoms with Crippen LogP contribution in [0.15, 0.2) is 67.3 Å². The quantitative estimate of drug-likeness (QED) is 0.447. The van der Waals surface area contributed by atoms with E-state index in [9.17, 15) is 9.90 Å². The molecule has 0 aliphatic carbocycles. The van der Waals surface area contributed by atoms with Gasteiger partial charge in [-0.25, -0.2) is 9.67 Å². The van der Waals surface area contributed by atoms with Crippen molar-refractivity contribution >= 4 is 36.4 Å². The van der Waals surface area contributed by atoms with Crippen LogP contribution in [-0.2, 0) is 17.8 Å². The average molecular weight is 438 g/mol. The van der Waals surface area contributed by atoms with E-state index in [1.807, 2.05) is 54.6 Å². The number of aliphatic hydroxyl groups excluding tert-OH is 1. The van der Waals surface area contributed by atoms with Gasteiger partial charge in [0.15, 0.2) is 0 Å². The van der Waals surface area contributed by atoms with Crippen LogP contribution in [0.1, 0.15) is 17.2 Å². The maximum Gasteiger partial charge on any atom is 0.246 e. The summed E-state index contributed by atoms with van der Waals surface area (Å²) in [6, 6.07) is 17.4. The number of halogens is 2. The molecule has 0 aliphatic rings. The third kappa shape index (κ3) is 8.21. The molecular weight excluding hydrogens is 413 g/mol. The second-order valence-electron chi connectivity index (χ2n) is 6.22. The Labute approximate surface area is 182 Å². The first kappa shape index (κ1) is 24.6. The smallest absolute Gasteiger partial charge is 0.246 e. The van der Waals surface area contributed by atoms with E-state index in [0.29, 0.717) is 6.54 Å². The molecule has 1 atom stereocenters. The van der Waals surface area contributed by atoms with Crippen molar-refractivity contribution in [3.63, 3.8) is 0 Å². The SMILES string of the molecule is Cl.Cl.O=C(Cn1cncn1)Nc1ccc(CCNCC(O)c2ccccc2)cc1. The minimum atomic E-state index is -0.506. The summed E-state index contributed by atoms with van der Waals surface area (Å²) in [7, 11) is 0. The van der Waals surface area contributed by atoms with Gasteiger partial charge < -0.3 is 15.7 Å². The summed E-state index contributed by atoms with van der Waals surface area (Å²) >= 11 is 0. The molecule has 3 aromatic rings. The highest BCUT2D eigenvalue weighted by Crippen LogP contribution is 2.12. The minimum absolute atomic E-state index is 0.